The summed E-state index contributed by atoms with van der Waals surface area (Å²) in [5, 5.41) is 20.4. The van der Waals surface area contributed by atoms with Crippen molar-refractivity contribution in [1.82, 2.24) is 4.90 Å². The number of aliphatic carboxylic acids is 1. The fourth-order valence-corrected chi connectivity index (χ4v) is 2.65. The Hall–Kier alpha value is -0.0100. The van der Waals surface area contributed by atoms with Crippen LogP contribution < -0.4 is 34.7 Å². The molecule has 7 heteroatoms. The van der Waals surface area contributed by atoms with Gasteiger partial charge >= 0.3 is 29.6 Å². The molecule has 2 aliphatic rings. The molecule has 70 valence electrons. The summed E-state index contributed by atoms with van der Waals surface area (Å²) in [6, 6.07) is 0. The monoisotopic (exact) mass is 223 g/mol. The Bertz CT molecular complexity index is 319. The van der Waals surface area contributed by atoms with Crippen molar-refractivity contribution in [2.45, 2.75) is 5.37 Å². The third-order valence-corrected chi connectivity index (χ3v) is 3.32. The van der Waals surface area contributed by atoms with Gasteiger partial charge in [0.1, 0.15) is 5.37 Å². The molecule has 1 fully saturated rings. The smallest absolute Gasteiger partial charge is 0.543 e. The average molecular weight is 223 g/mol. The zero-order valence-corrected chi connectivity index (χ0v) is 10.3. The van der Waals surface area contributed by atoms with Crippen LogP contribution in [0.3, 0.4) is 0 Å². The summed E-state index contributed by atoms with van der Waals surface area (Å²) >= 11 is 1.23. The second-order valence-corrected chi connectivity index (χ2v) is 3.81. The molecule has 0 radical (unpaired) electrons. The molecule has 1 saturated heterocycles. The molecule has 5 nitrogen and oxygen atoms in total. The van der Waals surface area contributed by atoms with Gasteiger partial charge in [-0.05, 0) is 5.41 Å². The molecular formula is C7H6NNaO4S. The quantitative estimate of drug-likeness (QED) is 0.375. The Kier molecular flexibility index (Phi) is 3.65. The van der Waals surface area contributed by atoms with E-state index in [0.29, 0.717) is 0 Å². The van der Waals surface area contributed by atoms with Crippen LogP contribution in [0.2, 0.25) is 0 Å². The van der Waals surface area contributed by atoms with Crippen LogP contribution in [0, 0.1) is 5.92 Å². The Morgan fingerprint density at radius 3 is 2.86 bits per heavy atom. The Labute approximate surface area is 106 Å². The van der Waals surface area contributed by atoms with Crippen LogP contribution in [0.15, 0.2) is 11.1 Å². The summed E-state index contributed by atoms with van der Waals surface area (Å²) in [5.74, 6) is -2.15. The molecule has 14 heavy (non-hydrogen) atoms. The normalized spacial score (nSPS) is 28.8. The largest absolute Gasteiger partial charge is 1.00 e. The van der Waals surface area contributed by atoms with Gasteiger partial charge in [0.25, 0.3) is 0 Å². The summed E-state index contributed by atoms with van der Waals surface area (Å²) in [4.78, 5) is 22.8. The average Bonchev–Trinajstić information content (AvgIpc) is 2.45. The first-order valence-corrected chi connectivity index (χ1v) is 4.62. The maximum Gasteiger partial charge on any atom is 1.00 e. The van der Waals surface area contributed by atoms with E-state index < -0.39 is 11.9 Å². The standard InChI is InChI=1S/C7H7NO4S.Na/c9-1-3-5(10)8-4(7(11)12)2-13-6(3)8;/h2-3,6,9H,1H2,(H,11,12);/q;+1/p-1/t3-,6+;/m0./s1. The van der Waals surface area contributed by atoms with Crippen molar-refractivity contribution >= 4 is 23.6 Å². The van der Waals surface area contributed by atoms with Crippen LogP contribution in [0.1, 0.15) is 0 Å². The van der Waals surface area contributed by atoms with Gasteiger partial charge in [-0.25, -0.2) is 0 Å². The van der Waals surface area contributed by atoms with E-state index in [4.69, 9.17) is 5.11 Å². The number of thioether (sulfide) groups is 1. The van der Waals surface area contributed by atoms with Crippen LogP contribution in [0.5, 0.6) is 0 Å². The molecular weight excluding hydrogens is 217 g/mol. The number of carbonyl (C=O) groups is 2. The minimum Gasteiger partial charge on any atom is -0.543 e. The van der Waals surface area contributed by atoms with E-state index in [9.17, 15) is 14.7 Å². The van der Waals surface area contributed by atoms with E-state index in [2.05, 4.69) is 0 Å². The number of hydrogen-bond donors (Lipinski definition) is 1. The maximum atomic E-state index is 11.2. The predicted molar refractivity (Wildman–Crippen MR) is 41.9 cm³/mol. The SMILES string of the molecule is O=C([O-])C1=CS[C@@H]2[C@@H](CO)C(=O)N12.[Na+]. The maximum absolute atomic E-state index is 11.2. The van der Waals surface area contributed by atoms with Crippen LogP contribution in [-0.4, -0.2) is 33.9 Å². The molecule has 0 aromatic carbocycles. The van der Waals surface area contributed by atoms with E-state index in [1.54, 1.807) is 0 Å². The number of nitrogens with zero attached hydrogens (tertiary/aromatic N) is 1. The number of fused-ring (bicyclic) bond motifs is 1. The molecule has 0 bridgehead atoms. The van der Waals surface area contributed by atoms with E-state index in [-0.39, 0.29) is 53.1 Å². The first-order valence-electron chi connectivity index (χ1n) is 3.67. The van der Waals surface area contributed by atoms with Gasteiger partial charge in [0, 0.05) is 0 Å². The number of carbonyl (C=O) groups excluding carboxylic acids is 2. The van der Waals surface area contributed by atoms with Crippen LogP contribution >= 0.6 is 11.8 Å². The number of β-lactam (4-membered cyclic amide) rings is 1. The van der Waals surface area contributed by atoms with Gasteiger partial charge in [0.15, 0.2) is 0 Å². The molecule has 2 aliphatic heterocycles. The zero-order chi connectivity index (χ0) is 9.59. The second kappa shape index (κ2) is 4.24. The summed E-state index contributed by atoms with van der Waals surface area (Å²) in [7, 11) is 0. The molecule has 0 aromatic heterocycles. The number of aliphatic hydroxyl groups is 1. The van der Waals surface area contributed by atoms with Crippen molar-refractivity contribution in [2.75, 3.05) is 6.61 Å². The minimum atomic E-state index is -1.35. The van der Waals surface area contributed by atoms with Gasteiger partial charge in [-0.2, -0.15) is 0 Å². The summed E-state index contributed by atoms with van der Waals surface area (Å²) in [5.41, 5.74) is -0.0929. The summed E-state index contributed by atoms with van der Waals surface area (Å²) in [6.07, 6.45) is 0. The molecule has 0 unspecified atom stereocenters. The number of amides is 1. The number of carboxylic acids is 1. The van der Waals surface area contributed by atoms with Crippen LogP contribution in [0.4, 0.5) is 0 Å². The van der Waals surface area contributed by atoms with Crippen LogP contribution in [-0.2, 0) is 9.59 Å². The second-order valence-electron chi connectivity index (χ2n) is 2.81. The first-order chi connectivity index (χ1) is 6.16. The van der Waals surface area contributed by atoms with Gasteiger partial charge < -0.3 is 15.0 Å². The molecule has 2 heterocycles. The molecule has 0 saturated carbocycles. The molecule has 2 atom stereocenters. The number of carboxylic acid groups (broad SMARTS) is 1. The molecule has 0 aliphatic carbocycles. The molecule has 2 rings (SSSR count). The third-order valence-electron chi connectivity index (χ3n) is 2.14. The third kappa shape index (κ3) is 1.51. The minimum absolute atomic E-state index is 0. The van der Waals surface area contributed by atoms with Crippen molar-refractivity contribution in [3.8, 4) is 0 Å². The zero-order valence-electron chi connectivity index (χ0n) is 7.47. The van der Waals surface area contributed by atoms with E-state index in [1.165, 1.54) is 17.2 Å². The number of rotatable bonds is 2. The van der Waals surface area contributed by atoms with Crippen molar-refractivity contribution < 1.29 is 49.4 Å². The number of hydrogen-bond acceptors (Lipinski definition) is 5. The fourth-order valence-electron chi connectivity index (χ4n) is 1.44. The van der Waals surface area contributed by atoms with Crippen molar-refractivity contribution in [2.24, 2.45) is 5.92 Å². The van der Waals surface area contributed by atoms with Gasteiger partial charge in [-0.15, -0.1) is 11.8 Å². The Morgan fingerprint density at radius 1 is 1.71 bits per heavy atom. The van der Waals surface area contributed by atoms with Gasteiger partial charge in [-0.3, -0.25) is 9.69 Å². The Balaban J connectivity index is 0.000000980. The van der Waals surface area contributed by atoms with Gasteiger partial charge in [0.2, 0.25) is 5.91 Å². The fraction of sp³-hybridized carbons (Fsp3) is 0.429. The molecule has 1 N–H and O–H groups in total. The number of aliphatic hydroxyl groups excluding tert-OH is 1. The van der Waals surface area contributed by atoms with E-state index in [1.807, 2.05) is 0 Å². The van der Waals surface area contributed by atoms with Gasteiger partial charge in [-0.1, -0.05) is 0 Å². The molecule has 0 aromatic rings. The van der Waals surface area contributed by atoms with Crippen molar-refractivity contribution in [3.63, 3.8) is 0 Å². The molecule has 0 spiro atoms. The summed E-state index contributed by atoms with van der Waals surface area (Å²) in [6.45, 7) is -0.235. The van der Waals surface area contributed by atoms with E-state index >= 15 is 0 Å². The van der Waals surface area contributed by atoms with E-state index in [0.717, 1.165) is 4.90 Å². The van der Waals surface area contributed by atoms with Crippen LogP contribution in [0.25, 0.3) is 0 Å². The van der Waals surface area contributed by atoms with Gasteiger partial charge in [0.05, 0.1) is 24.2 Å². The first kappa shape index (κ1) is 12.1. The van der Waals surface area contributed by atoms with Crippen molar-refractivity contribution in [3.05, 3.63) is 11.1 Å². The summed E-state index contributed by atoms with van der Waals surface area (Å²) < 4.78 is 0. The topological polar surface area (TPSA) is 80.7 Å². The molecule has 1 amide bonds. The Morgan fingerprint density at radius 2 is 2.36 bits per heavy atom. The van der Waals surface area contributed by atoms with Crippen molar-refractivity contribution in [1.29, 1.82) is 0 Å². The predicted octanol–water partition coefficient (Wildman–Crippen LogP) is -4.89.